The van der Waals surface area contributed by atoms with E-state index in [-0.39, 0.29) is 11.9 Å². The molecule has 104 valence electrons. The number of likely N-dealkylation sites (N-methyl/N-ethyl adjacent to an activating group) is 1. The van der Waals surface area contributed by atoms with Crippen molar-refractivity contribution in [1.82, 2.24) is 9.80 Å². The standard InChI is InChI=1S/C14H20ClN3O/c1-17(2)9-13-4-3-5-18(13)14(19)10-6-11(15)8-12(16)7-10/h6-8,13H,3-5,9,16H2,1-2H3. The Morgan fingerprint density at radius 2 is 2.21 bits per heavy atom. The zero-order chi connectivity index (χ0) is 14.0. The van der Waals surface area contributed by atoms with Crippen LogP contribution in [0.3, 0.4) is 0 Å². The topological polar surface area (TPSA) is 49.6 Å². The lowest BCUT2D eigenvalue weighted by molar-refractivity contribution is 0.0716. The molecule has 1 fully saturated rings. The summed E-state index contributed by atoms with van der Waals surface area (Å²) < 4.78 is 0. The monoisotopic (exact) mass is 281 g/mol. The van der Waals surface area contributed by atoms with Crippen molar-refractivity contribution in [2.45, 2.75) is 18.9 Å². The predicted octanol–water partition coefficient (Wildman–Crippen LogP) is 2.09. The number of carbonyl (C=O) groups excluding carboxylic acids is 1. The van der Waals surface area contributed by atoms with Crippen LogP contribution in [0.4, 0.5) is 5.69 Å². The van der Waals surface area contributed by atoms with E-state index in [0.717, 1.165) is 25.9 Å². The number of rotatable bonds is 3. The molecule has 2 rings (SSSR count). The number of halogens is 1. The number of hydrogen-bond donors (Lipinski definition) is 1. The summed E-state index contributed by atoms with van der Waals surface area (Å²) >= 11 is 5.96. The van der Waals surface area contributed by atoms with E-state index in [2.05, 4.69) is 4.90 Å². The molecule has 0 aromatic heterocycles. The number of nitrogens with zero attached hydrogens (tertiary/aromatic N) is 2. The van der Waals surface area contributed by atoms with Crippen LogP contribution in [0, 0.1) is 0 Å². The van der Waals surface area contributed by atoms with Gasteiger partial charge in [0.05, 0.1) is 0 Å². The largest absolute Gasteiger partial charge is 0.399 e. The van der Waals surface area contributed by atoms with Gasteiger partial charge in [-0.25, -0.2) is 0 Å². The molecule has 0 radical (unpaired) electrons. The lowest BCUT2D eigenvalue weighted by Crippen LogP contribution is -2.41. The predicted molar refractivity (Wildman–Crippen MR) is 78.5 cm³/mol. The van der Waals surface area contributed by atoms with E-state index in [9.17, 15) is 4.79 Å². The van der Waals surface area contributed by atoms with Crippen LogP contribution in [0.5, 0.6) is 0 Å². The van der Waals surface area contributed by atoms with E-state index in [1.54, 1.807) is 18.2 Å². The van der Waals surface area contributed by atoms with Gasteiger partial charge in [-0.2, -0.15) is 0 Å². The van der Waals surface area contributed by atoms with Gasteiger partial charge in [0.25, 0.3) is 5.91 Å². The summed E-state index contributed by atoms with van der Waals surface area (Å²) in [5, 5.41) is 0.506. The Kier molecular flexibility index (Phi) is 4.32. The Labute approximate surface area is 119 Å². The summed E-state index contributed by atoms with van der Waals surface area (Å²) in [4.78, 5) is 16.6. The van der Waals surface area contributed by atoms with Crippen molar-refractivity contribution in [1.29, 1.82) is 0 Å². The van der Waals surface area contributed by atoms with E-state index in [1.807, 2.05) is 19.0 Å². The van der Waals surface area contributed by atoms with Gasteiger partial charge in [-0.05, 0) is 45.1 Å². The molecule has 1 unspecified atom stereocenters. The highest BCUT2D eigenvalue weighted by Crippen LogP contribution is 2.23. The summed E-state index contributed by atoms with van der Waals surface area (Å²) in [7, 11) is 4.05. The fourth-order valence-corrected chi connectivity index (χ4v) is 2.86. The average molecular weight is 282 g/mol. The normalized spacial score (nSPS) is 19.2. The van der Waals surface area contributed by atoms with Gasteiger partial charge in [-0.1, -0.05) is 11.6 Å². The summed E-state index contributed by atoms with van der Waals surface area (Å²) in [6, 6.07) is 5.31. The van der Waals surface area contributed by atoms with E-state index in [0.29, 0.717) is 16.3 Å². The molecular formula is C14H20ClN3O. The van der Waals surface area contributed by atoms with Crippen molar-refractivity contribution in [3.8, 4) is 0 Å². The van der Waals surface area contributed by atoms with Crippen molar-refractivity contribution >= 4 is 23.2 Å². The third-order valence-corrected chi connectivity index (χ3v) is 3.60. The smallest absolute Gasteiger partial charge is 0.254 e. The number of nitrogen functional groups attached to an aromatic ring is 1. The summed E-state index contributed by atoms with van der Waals surface area (Å²) in [5.74, 6) is 0.0264. The molecule has 19 heavy (non-hydrogen) atoms. The number of carbonyl (C=O) groups is 1. The Morgan fingerprint density at radius 1 is 1.47 bits per heavy atom. The van der Waals surface area contributed by atoms with E-state index >= 15 is 0 Å². The number of benzene rings is 1. The fraction of sp³-hybridized carbons (Fsp3) is 0.500. The molecule has 1 aromatic rings. The minimum absolute atomic E-state index is 0.0264. The van der Waals surface area contributed by atoms with Gasteiger partial charge in [0.15, 0.2) is 0 Å². The highest BCUT2D eigenvalue weighted by Gasteiger charge is 2.29. The van der Waals surface area contributed by atoms with Gasteiger partial charge in [-0.3, -0.25) is 4.79 Å². The third kappa shape index (κ3) is 3.39. The zero-order valence-electron chi connectivity index (χ0n) is 11.4. The SMILES string of the molecule is CN(C)CC1CCCN1C(=O)c1cc(N)cc(Cl)c1. The summed E-state index contributed by atoms with van der Waals surface area (Å²) in [6.07, 6.45) is 2.11. The van der Waals surface area contributed by atoms with E-state index in [4.69, 9.17) is 17.3 Å². The lowest BCUT2D eigenvalue weighted by Gasteiger charge is -2.27. The van der Waals surface area contributed by atoms with Crippen LogP contribution in [0.15, 0.2) is 18.2 Å². The molecule has 0 bridgehead atoms. The maximum atomic E-state index is 12.5. The van der Waals surface area contributed by atoms with Gasteiger partial charge < -0.3 is 15.5 Å². The number of amides is 1. The first-order valence-electron chi connectivity index (χ1n) is 6.49. The van der Waals surface area contributed by atoms with Gasteiger partial charge in [0.1, 0.15) is 0 Å². The minimum Gasteiger partial charge on any atom is -0.399 e. The van der Waals surface area contributed by atoms with Crippen LogP contribution in [0.1, 0.15) is 23.2 Å². The molecule has 2 N–H and O–H groups in total. The number of nitrogens with two attached hydrogens (primary N) is 1. The summed E-state index contributed by atoms with van der Waals surface area (Å²) in [5.41, 5.74) is 6.85. The van der Waals surface area contributed by atoms with Gasteiger partial charge in [0.2, 0.25) is 0 Å². The molecule has 0 spiro atoms. The van der Waals surface area contributed by atoms with Gasteiger partial charge in [0, 0.05) is 35.4 Å². The molecule has 1 aliphatic rings. The van der Waals surface area contributed by atoms with Crippen molar-refractivity contribution < 1.29 is 4.79 Å². The molecule has 5 heteroatoms. The van der Waals surface area contributed by atoms with E-state index < -0.39 is 0 Å². The Balaban J connectivity index is 2.18. The maximum absolute atomic E-state index is 12.5. The molecular weight excluding hydrogens is 262 g/mol. The van der Waals surface area contributed by atoms with Crippen molar-refractivity contribution in [3.05, 3.63) is 28.8 Å². The molecule has 1 saturated heterocycles. The number of likely N-dealkylation sites (tertiary alicyclic amines) is 1. The van der Waals surface area contributed by atoms with Crippen molar-refractivity contribution in [2.24, 2.45) is 0 Å². The highest BCUT2D eigenvalue weighted by atomic mass is 35.5. The van der Waals surface area contributed by atoms with Crippen LogP contribution in [-0.2, 0) is 0 Å². The molecule has 0 aliphatic carbocycles. The van der Waals surface area contributed by atoms with Crippen LogP contribution >= 0.6 is 11.6 Å². The fourth-order valence-electron chi connectivity index (χ4n) is 2.62. The first kappa shape index (κ1) is 14.2. The average Bonchev–Trinajstić information content (AvgIpc) is 2.73. The minimum atomic E-state index is 0.0264. The van der Waals surface area contributed by atoms with E-state index in [1.165, 1.54) is 0 Å². The maximum Gasteiger partial charge on any atom is 0.254 e. The highest BCUT2D eigenvalue weighted by molar-refractivity contribution is 6.31. The van der Waals surface area contributed by atoms with Crippen LogP contribution in [0.2, 0.25) is 5.02 Å². The van der Waals surface area contributed by atoms with Gasteiger partial charge in [-0.15, -0.1) is 0 Å². The molecule has 1 heterocycles. The first-order valence-corrected chi connectivity index (χ1v) is 6.87. The van der Waals surface area contributed by atoms with Crippen molar-refractivity contribution in [3.63, 3.8) is 0 Å². The van der Waals surface area contributed by atoms with Crippen LogP contribution in [-0.4, -0.2) is 48.9 Å². The van der Waals surface area contributed by atoms with Crippen LogP contribution < -0.4 is 5.73 Å². The second kappa shape index (κ2) is 5.80. The number of anilines is 1. The zero-order valence-corrected chi connectivity index (χ0v) is 12.2. The Bertz CT molecular complexity index is 456. The summed E-state index contributed by atoms with van der Waals surface area (Å²) in [6.45, 7) is 1.70. The Hall–Kier alpha value is -1.26. The molecule has 1 atom stereocenters. The quantitative estimate of drug-likeness (QED) is 0.863. The molecule has 1 aromatic carbocycles. The molecule has 0 saturated carbocycles. The lowest BCUT2D eigenvalue weighted by atomic mass is 10.1. The van der Waals surface area contributed by atoms with Crippen molar-refractivity contribution in [2.75, 3.05) is 32.9 Å². The Morgan fingerprint density at radius 3 is 2.84 bits per heavy atom. The third-order valence-electron chi connectivity index (χ3n) is 3.38. The molecule has 1 aliphatic heterocycles. The second-order valence-corrected chi connectivity index (χ2v) is 5.77. The van der Waals surface area contributed by atoms with Gasteiger partial charge >= 0.3 is 0 Å². The second-order valence-electron chi connectivity index (χ2n) is 5.33. The molecule has 4 nitrogen and oxygen atoms in total. The first-order chi connectivity index (χ1) is 8.97. The number of hydrogen-bond acceptors (Lipinski definition) is 3. The molecule has 1 amide bonds. The van der Waals surface area contributed by atoms with Crippen LogP contribution in [0.25, 0.3) is 0 Å².